The maximum atomic E-state index is 9.32. The molecule has 2 aromatic rings. The van der Waals surface area contributed by atoms with E-state index in [-0.39, 0.29) is 17.2 Å². The first-order chi connectivity index (χ1) is 9.13. The van der Waals surface area contributed by atoms with Gasteiger partial charge in [0.15, 0.2) is 0 Å². The molecule has 0 aliphatic rings. The van der Waals surface area contributed by atoms with Crippen molar-refractivity contribution in [3.63, 3.8) is 0 Å². The quantitative estimate of drug-likeness (QED) is 0.734. The molecule has 0 heterocycles. The third-order valence-corrected chi connectivity index (χ3v) is 2.51. The highest BCUT2D eigenvalue weighted by atomic mass is 16.3. The van der Waals surface area contributed by atoms with Crippen molar-refractivity contribution in [3.8, 4) is 17.2 Å². The molecule has 0 unspecified atom stereocenters. The monoisotopic (exact) mass is 254 g/mol. The fraction of sp³-hybridized carbons (Fsp3) is 0. The molecule has 0 aliphatic carbocycles. The summed E-state index contributed by atoms with van der Waals surface area (Å²) in [5.74, 6) is 0.298. The van der Waals surface area contributed by atoms with Crippen molar-refractivity contribution >= 4 is 12.2 Å². The van der Waals surface area contributed by atoms with Gasteiger partial charge in [0.05, 0.1) is 0 Å². The minimum atomic E-state index is 0.0298. The predicted octanol–water partition coefficient (Wildman–Crippen LogP) is 3.53. The molecule has 3 N–H and O–H groups in total. The average Bonchev–Trinajstić information content (AvgIpc) is 2.36. The van der Waals surface area contributed by atoms with E-state index in [0.29, 0.717) is 5.56 Å². The average molecular weight is 254 g/mol. The Morgan fingerprint density at radius 3 is 1.68 bits per heavy atom. The van der Waals surface area contributed by atoms with Gasteiger partial charge in [0, 0.05) is 6.07 Å². The number of phenolic OH excluding ortho intramolecular Hbond substituents is 3. The fourth-order valence-corrected chi connectivity index (χ4v) is 1.63. The van der Waals surface area contributed by atoms with Gasteiger partial charge in [-0.1, -0.05) is 36.4 Å². The van der Waals surface area contributed by atoms with Crippen LogP contribution in [0.4, 0.5) is 0 Å². The second kappa shape index (κ2) is 5.78. The number of aromatic hydroxyl groups is 3. The largest absolute Gasteiger partial charge is 0.508 e. The van der Waals surface area contributed by atoms with Gasteiger partial charge in [0.1, 0.15) is 17.2 Å². The second-order valence-corrected chi connectivity index (χ2v) is 4.09. The molecule has 96 valence electrons. The van der Waals surface area contributed by atoms with Crippen molar-refractivity contribution < 1.29 is 15.3 Å². The van der Waals surface area contributed by atoms with Crippen LogP contribution in [-0.2, 0) is 0 Å². The zero-order chi connectivity index (χ0) is 13.7. The molecule has 19 heavy (non-hydrogen) atoms. The molecule has 0 saturated carbocycles. The first-order valence-electron chi connectivity index (χ1n) is 5.80. The number of benzene rings is 2. The summed E-state index contributed by atoms with van der Waals surface area (Å²) in [5, 5.41) is 27.8. The molecule has 0 fully saturated rings. The van der Waals surface area contributed by atoms with E-state index in [1.807, 2.05) is 12.2 Å². The smallest absolute Gasteiger partial charge is 0.119 e. The van der Waals surface area contributed by atoms with Gasteiger partial charge in [0.2, 0.25) is 0 Å². The Morgan fingerprint density at radius 2 is 1.11 bits per heavy atom. The lowest BCUT2D eigenvalue weighted by atomic mass is 10.1. The molecule has 0 amide bonds. The van der Waals surface area contributed by atoms with Crippen LogP contribution >= 0.6 is 0 Å². The Kier molecular flexibility index (Phi) is 3.88. The van der Waals surface area contributed by atoms with Crippen LogP contribution in [0.1, 0.15) is 11.1 Å². The van der Waals surface area contributed by atoms with Crippen LogP contribution in [0.5, 0.6) is 17.2 Å². The van der Waals surface area contributed by atoms with E-state index in [0.717, 1.165) is 5.56 Å². The summed E-state index contributed by atoms with van der Waals surface area (Å²) in [7, 11) is 0. The molecule has 0 atom stereocenters. The van der Waals surface area contributed by atoms with Crippen molar-refractivity contribution in [3.05, 3.63) is 65.7 Å². The van der Waals surface area contributed by atoms with E-state index >= 15 is 0 Å². The van der Waals surface area contributed by atoms with Crippen LogP contribution in [0, 0.1) is 0 Å². The van der Waals surface area contributed by atoms with E-state index in [1.165, 1.54) is 6.07 Å². The molecular formula is C16H14O3. The Balaban J connectivity index is 2.05. The van der Waals surface area contributed by atoms with Gasteiger partial charge >= 0.3 is 0 Å². The van der Waals surface area contributed by atoms with Crippen LogP contribution < -0.4 is 0 Å². The first-order valence-corrected chi connectivity index (χ1v) is 5.80. The summed E-state index contributed by atoms with van der Waals surface area (Å²) < 4.78 is 0. The highest BCUT2D eigenvalue weighted by Gasteiger charge is 1.94. The lowest BCUT2D eigenvalue weighted by Crippen LogP contribution is -1.72. The topological polar surface area (TPSA) is 60.7 Å². The molecule has 0 spiro atoms. The van der Waals surface area contributed by atoms with Gasteiger partial charge in [-0.2, -0.15) is 0 Å². The Hall–Kier alpha value is -2.68. The Morgan fingerprint density at radius 1 is 0.579 bits per heavy atom. The maximum absolute atomic E-state index is 9.32. The zero-order valence-corrected chi connectivity index (χ0v) is 10.2. The van der Waals surface area contributed by atoms with Crippen LogP contribution in [0.3, 0.4) is 0 Å². The van der Waals surface area contributed by atoms with E-state index in [2.05, 4.69) is 0 Å². The fourth-order valence-electron chi connectivity index (χ4n) is 1.63. The molecule has 3 nitrogen and oxygen atoms in total. The summed E-state index contributed by atoms with van der Waals surface area (Å²) >= 11 is 0. The summed E-state index contributed by atoms with van der Waals surface area (Å²) in [6, 6.07) is 11.3. The number of allylic oxidation sites excluding steroid dienone is 2. The van der Waals surface area contributed by atoms with Crippen molar-refractivity contribution in [1.82, 2.24) is 0 Å². The van der Waals surface area contributed by atoms with Crippen LogP contribution in [0.2, 0.25) is 0 Å². The van der Waals surface area contributed by atoms with Gasteiger partial charge in [-0.25, -0.2) is 0 Å². The Bertz CT molecular complexity index is 590. The first kappa shape index (κ1) is 12.8. The minimum Gasteiger partial charge on any atom is -0.508 e. The second-order valence-electron chi connectivity index (χ2n) is 4.09. The van der Waals surface area contributed by atoms with Gasteiger partial charge in [-0.3, -0.25) is 0 Å². The van der Waals surface area contributed by atoms with E-state index in [4.69, 9.17) is 5.11 Å². The van der Waals surface area contributed by atoms with E-state index in [9.17, 15) is 10.2 Å². The van der Waals surface area contributed by atoms with Gasteiger partial charge in [-0.15, -0.1) is 0 Å². The summed E-state index contributed by atoms with van der Waals surface area (Å²) in [4.78, 5) is 0. The highest BCUT2D eigenvalue weighted by Crippen LogP contribution is 2.21. The minimum absolute atomic E-state index is 0.0298. The third kappa shape index (κ3) is 3.92. The van der Waals surface area contributed by atoms with Gasteiger partial charge in [-0.05, 0) is 35.4 Å². The third-order valence-electron chi connectivity index (χ3n) is 2.51. The summed E-state index contributed by atoms with van der Waals surface area (Å²) in [6.07, 6.45) is 7.31. The number of hydrogen-bond donors (Lipinski definition) is 3. The number of phenols is 3. The van der Waals surface area contributed by atoms with Crippen LogP contribution in [0.25, 0.3) is 12.2 Å². The summed E-state index contributed by atoms with van der Waals surface area (Å²) in [5.41, 5.74) is 1.69. The molecule has 0 aliphatic heterocycles. The van der Waals surface area contributed by atoms with Crippen molar-refractivity contribution in [2.24, 2.45) is 0 Å². The van der Waals surface area contributed by atoms with Gasteiger partial charge in [0.25, 0.3) is 0 Å². The predicted molar refractivity (Wildman–Crippen MR) is 75.9 cm³/mol. The van der Waals surface area contributed by atoms with Gasteiger partial charge < -0.3 is 15.3 Å². The lowest BCUT2D eigenvalue weighted by Gasteiger charge is -1.97. The number of rotatable bonds is 3. The van der Waals surface area contributed by atoms with Crippen molar-refractivity contribution in [2.75, 3.05) is 0 Å². The van der Waals surface area contributed by atoms with Crippen LogP contribution in [-0.4, -0.2) is 15.3 Å². The lowest BCUT2D eigenvalue weighted by molar-refractivity contribution is 0.450. The molecule has 0 bridgehead atoms. The normalized spacial score (nSPS) is 11.4. The summed E-state index contributed by atoms with van der Waals surface area (Å²) in [6.45, 7) is 0. The van der Waals surface area contributed by atoms with Crippen LogP contribution in [0.15, 0.2) is 54.6 Å². The molecule has 0 radical (unpaired) electrons. The highest BCUT2D eigenvalue weighted by molar-refractivity contribution is 5.59. The standard InChI is InChI=1S/C16H14O3/c17-14-7-5-12(6-8-14)3-1-2-4-13-9-15(18)11-16(19)10-13/h1-11,17-19H/b3-1+,4-2+. The van der Waals surface area contributed by atoms with E-state index < -0.39 is 0 Å². The zero-order valence-electron chi connectivity index (χ0n) is 10.2. The van der Waals surface area contributed by atoms with E-state index in [1.54, 1.807) is 48.6 Å². The van der Waals surface area contributed by atoms with Crippen molar-refractivity contribution in [2.45, 2.75) is 0 Å². The molecule has 2 rings (SSSR count). The molecular weight excluding hydrogens is 240 g/mol. The Labute approximate surface area is 111 Å². The molecule has 0 saturated heterocycles. The molecule has 2 aromatic carbocycles. The maximum Gasteiger partial charge on any atom is 0.119 e. The molecule has 3 heteroatoms. The molecule has 0 aromatic heterocycles. The SMILES string of the molecule is Oc1ccc(/C=C/C=C/c2cc(O)cc(O)c2)cc1. The van der Waals surface area contributed by atoms with Crippen molar-refractivity contribution in [1.29, 1.82) is 0 Å². The number of hydrogen-bond acceptors (Lipinski definition) is 3.